The minimum Gasteiger partial charge on any atom is -0.306 e. The lowest BCUT2D eigenvalue weighted by Gasteiger charge is -2.21. The van der Waals surface area contributed by atoms with Gasteiger partial charge in [-0.05, 0) is 30.4 Å². The second-order valence-corrected chi connectivity index (χ2v) is 12.9. The van der Waals surface area contributed by atoms with Gasteiger partial charge in [0.05, 0.1) is 6.33 Å². The van der Waals surface area contributed by atoms with Crippen molar-refractivity contribution in [2.24, 2.45) is 0 Å². The van der Waals surface area contributed by atoms with Gasteiger partial charge in [-0.25, -0.2) is 4.98 Å². The Morgan fingerprint density at radius 3 is 1.29 bits per heavy atom. The average molecular weight is 565 g/mol. The summed E-state index contributed by atoms with van der Waals surface area (Å²) in [6.07, 6.45) is 44.4. The van der Waals surface area contributed by atoms with Crippen molar-refractivity contribution in [1.29, 1.82) is 0 Å². The fraction of sp³-hybridized carbons (Fsp3) is 0.769. The van der Waals surface area contributed by atoms with E-state index in [2.05, 4.69) is 53.9 Å². The number of hydrogen-bond acceptors (Lipinski definition) is 1. The Morgan fingerprint density at radius 1 is 0.512 bits per heavy atom. The molecule has 1 atom stereocenters. The summed E-state index contributed by atoms with van der Waals surface area (Å²) in [6, 6.07) is 9.11. The van der Waals surface area contributed by atoms with Gasteiger partial charge in [0.2, 0.25) is 0 Å². The van der Waals surface area contributed by atoms with Gasteiger partial charge >= 0.3 is 0 Å². The van der Waals surface area contributed by atoms with Gasteiger partial charge in [-0.3, -0.25) is 0 Å². The van der Waals surface area contributed by atoms with Crippen LogP contribution in [-0.2, 0) is 0 Å². The Kier molecular flexibility index (Phi) is 22.7. The zero-order valence-corrected chi connectivity index (χ0v) is 27.6. The number of rotatable bonds is 29. The van der Waals surface area contributed by atoms with Gasteiger partial charge < -0.3 is 4.57 Å². The lowest BCUT2D eigenvalue weighted by Crippen LogP contribution is -2.05. The molecule has 0 radical (unpaired) electrons. The molecule has 0 aliphatic heterocycles. The van der Waals surface area contributed by atoms with Crippen LogP contribution in [0.15, 0.2) is 43.0 Å². The van der Waals surface area contributed by atoms with Crippen LogP contribution >= 0.6 is 0 Å². The molecular weight excluding hydrogens is 496 g/mol. The molecule has 0 bridgehead atoms. The van der Waals surface area contributed by atoms with Crippen molar-refractivity contribution < 1.29 is 0 Å². The van der Waals surface area contributed by atoms with Gasteiger partial charge in [-0.2, -0.15) is 0 Å². The van der Waals surface area contributed by atoms with Crippen molar-refractivity contribution in [3.05, 3.63) is 48.5 Å². The highest BCUT2D eigenvalue weighted by atomic mass is 15.0. The summed E-state index contributed by atoms with van der Waals surface area (Å²) in [7, 11) is 0. The Morgan fingerprint density at radius 2 is 0.902 bits per heavy atom. The summed E-state index contributed by atoms with van der Waals surface area (Å²) < 4.78 is 2.22. The monoisotopic (exact) mass is 565 g/mol. The molecule has 234 valence electrons. The maximum Gasteiger partial charge on any atom is 0.0991 e. The molecule has 0 saturated carbocycles. The van der Waals surface area contributed by atoms with Crippen LogP contribution in [0.1, 0.15) is 199 Å². The van der Waals surface area contributed by atoms with Crippen LogP contribution < -0.4 is 0 Å². The molecule has 0 aliphatic rings. The van der Waals surface area contributed by atoms with Crippen LogP contribution in [0.25, 0.3) is 5.69 Å². The third-order valence-corrected chi connectivity index (χ3v) is 9.22. The lowest BCUT2D eigenvalue weighted by atomic mass is 9.87. The van der Waals surface area contributed by atoms with Crippen LogP contribution in [-0.4, -0.2) is 9.55 Å². The van der Waals surface area contributed by atoms with Crippen molar-refractivity contribution in [2.75, 3.05) is 0 Å². The third-order valence-electron chi connectivity index (χ3n) is 9.22. The highest BCUT2D eigenvalue weighted by Crippen LogP contribution is 2.33. The van der Waals surface area contributed by atoms with Crippen molar-refractivity contribution in [2.45, 2.75) is 193 Å². The summed E-state index contributed by atoms with van der Waals surface area (Å²) in [5.41, 5.74) is 2.87. The Labute approximate surface area is 256 Å². The number of para-hydroxylation sites is 1. The fourth-order valence-corrected chi connectivity index (χ4v) is 6.57. The van der Waals surface area contributed by atoms with Crippen LogP contribution in [0, 0.1) is 0 Å². The van der Waals surface area contributed by atoms with Gasteiger partial charge in [-0.15, -0.1) is 0 Å². The molecule has 0 amide bonds. The molecule has 2 nitrogen and oxygen atoms in total. The number of aromatic nitrogens is 2. The Bertz CT molecular complexity index is 796. The van der Waals surface area contributed by atoms with Gasteiger partial charge in [0.15, 0.2) is 0 Å². The predicted molar refractivity (Wildman–Crippen MR) is 182 cm³/mol. The normalized spacial score (nSPS) is 12.2. The Hall–Kier alpha value is -1.57. The summed E-state index contributed by atoms with van der Waals surface area (Å²) in [5.74, 6) is 0.671. The van der Waals surface area contributed by atoms with E-state index in [1.54, 1.807) is 0 Å². The minimum atomic E-state index is 0.671. The highest BCUT2D eigenvalue weighted by Gasteiger charge is 2.16. The van der Waals surface area contributed by atoms with Crippen LogP contribution in [0.5, 0.6) is 0 Å². The molecule has 0 N–H and O–H groups in total. The van der Waals surface area contributed by atoms with E-state index in [-0.39, 0.29) is 0 Å². The molecule has 2 heteroatoms. The number of hydrogen-bond donors (Lipinski definition) is 0. The molecule has 0 saturated heterocycles. The zero-order valence-electron chi connectivity index (χ0n) is 27.6. The Balaban J connectivity index is 1.64. The zero-order chi connectivity index (χ0) is 29.1. The number of unbranched alkanes of at least 4 members (excludes halogenated alkanes) is 23. The van der Waals surface area contributed by atoms with E-state index in [1.807, 2.05) is 12.5 Å². The SMILES string of the molecule is CCCCCCCCCCCCCCCCCC(CCCCCCCCCCCC)c1ccccc1-n1ccnc1. The summed E-state index contributed by atoms with van der Waals surface area (Å²) in [4.78, 5) is 4.33. The van der Waals surface area contributed by atoms with E-state index in [1.165, 1.54) is 185 Å². The van der Waals surface area contributed by atoms with Crippen molar-refractivity contribution in [3.8, 4) is 5.69 Å². The topological polar surface area (TPSA) is 17.8 Å². The molecule has 41 heavy (non-hydrogen) atoms. The minimum absolute atomic E-state index is 0.671. The van der Waals surface area contributed by atoms with Gasteiger partial charge in [0, 0.05) is 18.1 Å². The number of benzene rings is 1. The summed E-state index contributed by atoms with van der Waals surface area (Å²) in [6.45, 7) is 4.61. The van der Waals surface area contributed by atoms with Gasteiger partial charge in [0.25, 0.3) is 0 Å². The molecule has 1 aromatic heterocycles. The van der Waals surface area contributed by atoms with E-state index >= 15 is 0 Å². The second kappa shape index (κ2) is 26.1. The molecule has 0 fully saturated rings. The predicted octanol–water partition coefficient (Wildman–Crippen LogP) is 13.5. The fourth-order valence-electron chi connectivity index (χ4n) is 6.57. The standard InChI is InChI=1S/C39H68N2/c1-3-5-7-9-11-13-15-16-17-18-19-21-23-25-27-31-37(30-26-24-22-20-14-12-10-8-6-4-2)38-32-28-29-33-39(38)41-35-34-40-36-41/h28-29,32-37H,3-27,30-31H2,1-2H3. The lowest BCUT2D eigenvalue weighted by molar-refractivity contribution is 0.479. The first kappa shape index (κ1) is 35.6. The largest absolute Gasteiger partial charge is 0.306 e. The quantitative estimate of drug-likeness (QED) is 0.0898. The molecule has 2 aromatic rings. The van der Waals surface area contributed by atoms with Crippen molar-refractivity contribution in [3.63, 3.8) is 0 Å². The molecule has 1 unspecified atom stereocenters. The highest BCUT2D eigenvalue weighted by molar-refractivity contribution is 5.43. The van der Waals surface area contributed by atoms with Crippen LogP contribution in [0.4, 0.5) is 0 Å². The van der Waals surface area contributed by atoms with E-state index in [4.69, 9.17) is 0 Å². The van der Waals surface area contributed by atoms with Crippen LogP contribution in [0.3, 0.4) is 0 Å². The average Bonchev–Trinajstić information content (AvgIpc) is 3.54. The summed E-state index contributed by atoms with van der Waals surface area (Å²) >= 11 is 0. The van der Waals surface area contributed by atoms with E-state index < -0.39 is 0 Å². The first-order valence-electron chi connectivity index (χ1n) is 18.4. The second-order valence-electron chi connectivity index (χ2n) is 12.9. The van der Waals surface area contributed by atoms with E-state index in [0.717, 1.165) is 0 Å². The van der Waals surface area contributed by atoms with Crippen molar-refractivity contribution in [1.82, 2.24) is 9.55 Å². The van der Waals surface area contributed by atoms with Gasteiger partial charge in [-0.1, -0.05) is 193 Å². The maximum absolute atomic E-state index is 4.33. The van der Waals surface area contributed by atoms with Crippen molar-refractivity contribution >= 4 is 0 Å². The van der Waals surface area contributed by atoms with E-state index in [9.17, 15) is 0 Å². The maximum atomic E-state index is 4.33. The molecule has 0 aliphatic carbocycles. The number of nitrogens with zero attached hydrogens (tertiary/aromatic N) is 2. The molecule has 1 heterocycles. The smallest absolute Gasteiger partial charge is 0.0991 e. The molecular formula is C39H68N2. The third kappa shape index (κ3) is 17.9. The number of imidazole rings is 1. The first-order valence-corrected chi connectivity index (χ1v) is 18.4. The molecule has 2 rings (SSSR count). The first-order chi connectivity index (χ1) is 20.4. The van der Waals surface area contributed by atoms with E-state index in [0.29, 0.717) is 5.92 Å². The summed E-state index contributed by atoms with van der Waals surface area (Å²) in [5, 5.41) is 0. The molecule has 1 aromatic carbocycles. The molecule has 0 spiro atoms. The van der Waals surface area contributed by atoms with Crippen LogP contribution in [0.2, 0.25) is 0 Å². The van der Waals surface area contributed by atoms with Gasteiger partial charge in [0.1, 0.15) is 0 Å².